The van der Waals surface area contributed by atoms with Gasteiger partial charge in [0.15, 0.2) is 0 Å². The maximum Gasteiger partial charge on any atom is 0.133 e. The van der Waals surface area contributed by atoms with Crippen LogP contribution in [0.1, 0.15) is 5.56 Å². The van der Waals surface area contributed by atoms with Crippen LogP contribution in [0.4, 0.5) is 0 Å². The van der Waals surface area contributed by atoms with Crippen LogP contribution in [0.3, 0.4) is 0 Å². The van der Waals surface area contributed by atoms with Crippen molar-refractivity contribution >= 4 is 15.9 Å². The first-order valence-corrected chi connectivity index (χ1v) is 6.69. The Hall–Kier alpha value is -0.620. The Balaban J connectivity index is 2.27. The maximum absolute atomic E-state index is 9.71. The number of hydrogen-bond donors (Lipinski definition) is 2. The molecule has 1 atom stereocenters. The van der Waals surface area contributed by atoms with E-state index in [-0.39, 0.29) is 6.61 Å². The number of halogens is 1. The molecule has 1 aromatic carbocycles. The third kappa shape index (κ3) is 5.82. The molecule has 102 valence electrons. The van der Waals surface area contributed by atoms with Gasteiger partial charge in [0.1, 0.15) is 18.5 Å². The first-order valence-electron chi connectivity index (χ1n) is 5.90. The highest BCUT2D eigenvalue weighted by atomic mass is 79.9. The van der Waals surface area contributed by atoms with Crippen molar-refractivity contribution < 1.29 is 14.6 Å². The second-order valence-corrected chi connectivity index (χ2v) is 4.95. The van der Waals surface area contributed by atoms with Crippen LogP contribution >= 0.6 is 15.9 Å². The van der Waals surface area contributed by atoms with Crippen LogP contribution in [-0.2, 0) is 4.74 Å². The summed E-state index contributed by atoms with van der Waals surface area (Å²) in [6.45, 7) is 4.14. The van der Waals surface area contributed by atoms with E-state index in [1.165, 1.54) is 0 Å². The van der Waals surface area contributed by atoms with Gasteiger partial charge in [-0.25, -0.2) is 0 Å². The first-order chi connectivity index (χ1) is 8.63. The molecular weight excluding hydrogens is 298 g/mol. The number of aliphatic hydroxyl groups excluding tert-OH is 1. The highest BCUT2D eigenvalue weighted by Gasteiger charge is 2.06. The number of aryl methyl sites for hydroxylation is 1. The molecule has 0 bridgehead atoms. The molecule has 1 rings (SSSR count). The Labute approximate surface area is 116 Å². The Morgan fingerprint density at radius 3 is 2.89 bits per heavy atom. The van der Waals surface area contributed by atoms with E-state index < -0.39 is 6.10 Å². The summed E-state index contributed by atoms with van der Waals surface area (Å²) in [6, 6.07) is 5.85. The predicted octanol–water partition coefficient (Wildman–Crippen LogP) is 1.73. The molecule has 0 spiro atoms. The molecule has 5 heteroatoms. The third-order valence-corrected chi connectivity index (χ3v) is 3.00. The highest BCUT2D eigenvalue weighted by Crippen LogP contribution is 2.25. The Morgan fingerprint density at radius 2 is 2.22 bits per heavy atom. The number of rotatable bonds is 8. The van der Waals surface area contributed by atoms with Gasteiger partial charge < -0.3 is 19.9 Å². The molecule has 4 nitrogen and oxygen atoms in total. The van der Waals surface area contributed by atoms with Gasteiger partial charge in [0.25, 0.3) is 0 Å². The monoisotopic (exact) mass is 317 g/mol. The number of aliphatic hydroxyl groups is 1. The van der Waals surface area contributed by atoms with Crippen molar-refractivity contribution in [1.82, 2.24) is 5.32 Å². The molecule has 0 aliphatic rings. The maximum atomic E-state index is 9.71. The molecule has 2 N–H and O–H groups in total. The molecule has 0 saturated heterocycles. The fourth-order valence-electron chi connectivity index (χ4n) is 1.41. The van der Waals surface area contributed by atoms with Crippen LogP contribution in [0.25, 0.3) is 0 Å². The van der Waals surface area contributed by atoms with Crippen LogP contribution in [0.5, 0.6) is 5.75 Å². The van der Waals surface area contributed by atoms with Crippen molar-refractivity contribution in [2.24, 2.45) is 0 Å². The lowest BCUT2D eigenvalue weighted by atomic mass is 10.2. The summed E-state index contributed by atoms with van der Waals surface area (Å²) in [6.07, 6.45) is -0.532. The summed E-state index contributed by atoms with van der Waals surface area (Å²) in [5.41, 5.74) is 1.16. The predicted molar refractivity (Wildman–Crippen MR) is 75.1 cm³/mol. The van der Waals surface area contributed by atoms with Gasteiger partial charge in [0.05, 0.1) is 11.1 Å². The summed E-state index contributed by atoms with van der Waals surface area (Å²) in [5.74, 6) is 0.747. The molecule has 0 amide bonds. The SMILES string of the molecule is COCCNCC(O)COc1ccc(C)cc1Br. The zero-order chi connectivity index (χ0) is 13.4. The van der Waals surface area contributed by atoms with Crippen LogP contribution < -0.4 is 10.1 Å². The Morgan fingerprint density at radius 1 is 1.44 bits per heavy atom. The van der Waals surface area contributed by atoms with Gasteiger partial charge in [-0.2, -0.15) is 0 Å². The van der Waals surface area contributed by atoms with Crippen molar-refractivity contribution in [3.8, 4) is 5.75 Å². The van der Waals surface area contributed by atoms with Crippen LogP contribution in [-0.4, -0.2) is 44.6 Å². The molecule has 0 heterocycles. The van der Waals surface area contributed by atoms with Gasteiger partial charge in [0.2, 0.25) is 0 Å². The molecule has 0 saturated carbocycles. The molecule has 0 aliphatic carbocycles. The van der Waals surface area contributed by atoms with Crippen molar-refractivity contribution in [3.63, 3.8) is 0 Å². The standard InChI is InChI=1S/C13H20BrNO3/c1-10-3-4-13(12(14)7-10)18-9-11(16)8-15-5-6-17-2/h3-4,7,11,15-16H,5-6,8-9H2,1-2H3. The topological polar surface area (TPSA) is 50.7 Å². The Kier molecular flexibility index (Phi) is 7.27. The van der Waals surface area contributed by atoms with Crippen LogP contribution in [0, 0.1) is 6.92 Å². The second-order valence-electron chi connectivity index (χ2n) is 4.10. The minimum Gasteiger partial charge on any atom is -0.490 e. The second kappa shape index (κ2) is 8.48. The van der Waals surface area contributed by atoms with E-state index in [2.05, 4.69) is 21.2 Å². The van der Waals surface area contributed by atoms with E-state index in [9.17, 15) is 5.11 Å². The minimum absolute atomic E-state index is 0.266. The van der Waals surface area contributed by atoms with E-state index in [1.807, 2.05) is 25.1 Å². The van der Waals surface area contributed by atoms with Crippen molar-refractivity contribution in [1.29, 1.82) is 0 Å². The van der Waals surface area contributed by atoms with Crippen molar-refractivity contribution in [2.45, 2.75) is 13.0 Å². The molecule has 1 unspecified atom stereocenters. The summed E-state index contributed by atoms with van der Waals surface area (Å²) in [7, 11) is 1.65. The zero-order valence-corrected chi connectivity index (χ0v) is 12.4. The van der Waals surface area contributed by atoms with E-state index in [4.69, 9.17) is 9.47 Å². The van der Waals surface area contributed by atoms with Gasteiger partial charge in [0, 0.05) is 20.2 Å². The smallest absolute Gasteiger partial charge is 0.133 e. The lowest BCUT2D eigenvalue weighted by molar-refractivity contribution is 0.103. The van der Waals surface area contributed by atoms with Crippen LogP contribution in [0.15, 0.2) is 22.7 Å². The largest absolute Gasteiger partial charge is 0.490 e. The fraction of sp³-hybridized carbons (Fsp3) is 0.538. The minimum atomic E-state index is -0.532. The van der Waals surface area contributed by atoms with Gasteiger partial charge in [-0.1, -0.05) is 6.07 Å². The summed E-state index contributed by atoms with van der Waals surface area (Å²) in [5, 5.41) is 12.8. The van der Waals surface area contributed by atoms with Gasteiger partial charge in [-0.05, 0) is 40.5 Å². The fourth-order valence-corrected chi connectivity index (χ4v) is 2.02. The average molecular weight is 318 g/mol. The molecular formula is C13H20BrNO3. The lowest BCUT2D eigenvalue weighted by Gasteiger charge is -2.14. The summed E-state index contributed by atoms with van der Waals surface area (Å²) < 4.78 is 11.3. The molecule has 0 radical (unpaired) electrons. The van der Waals surface area contributed by atoms with Gasteiger partial charge in [-0.15, -0.1) is 0 Å². The number of benzene rings is 1. The highest BCUT2D eigenvalue weighted by molar-refractivity contribution is 9.10. The number of ether oxygens (including phenoxy) is 2. The summed E-state index contributed by atoms with van der Waals surface area (Å²) >= 11 is 3.43. The van der Waals surface area contributed by atoms with Crippen molar-refractivity contribution in [2.75, 3.05) is 33.4 Å². The average Bonchev–Trinajstić information content (AvgIpc) is 2.33. The Bertz CT molecular complexity index is 360. The normalized spacial score (nSPS) is 12.4. The third-order valence-electron chi connectivity index (χ3n) is 2.38. The lowest BCUT2D eigenvalue weighted by Crippen LogP contribution is -2.33. The van der Waals surface area contributed by atoms with E-state index in [0.29, 0.717) is 13.2 Å². The molecule has 0 aromatic heterocycles. The van der Waals surface area contributed by atoms with Gasteiger partial charge in [-0.3, -0.25) is 0 Å². The molecule has 1 aromatic rings. The van der Waals surface area contributed by atoms with Crippen molar-refractivity contribution in [3.05, 3.63) is 28.2 Å². The van der Waals surface area contributed by atoms with E-state index in [1.54, 1.807) is 7.11 Å². The molecule has 0 aliphatic heterocycles. The number of methoxy groups -OCH3 is 1. The zero-order valence-electron chi connectivity index (χ0n) is 10.8. The molecule has 0 fully saturated rings. The van der Waals surface area contributed by atoms with E-state index >= 15 is 0 Å². The quantitative estimate of drug-likeness (QED) is 0.717. The number of nitrogens with one attached hydrogen (secondary N) is 1. The van der Waals surface area contributed by atoms with E-state index in [0.717, 1.165) is 22.3 Å². The van der Waals surface area contributed by atoms with Gasteiger partial charge >= 0.3 is 0 Å². The molecule has 18 heavy (non-hydrogen) atoms. The number of hydrogen-bond acceptors (Lipinski definition) is 4. The van der Waals surface area contributed by atoms with Crippen LogP contribution in [0.2, 0.25) is 0 Å². The first kappa shape index (κ1) is 15.4. The summed E-state index contributed by atoms with van der Waals surface area (Å²) in [4.78, 5) is 0.